The number of amides is 2. The van der Waals surface area contributed by atoms with Gasteiger partial charge in [-0.25, -0.2) is 4.79 Å². The summed E-state index contributed by atoms with van der Waals surface area (Å²) in [5.74, 6) is 0.161. The highest BCUT2D eigenvalue weighted by Crippen LogP contribution is 2.31. The molecule has 9 heteroatoms. The van der Waals surface area contributed by atoms with E-state index in [1.165, 1.54) is 12.1 Å². The highest BCUT2D eigenvalue weighted by molar-refractivity contribution is 7.10. The molecule has 5 N–H and O–H groups in total. The minimum Gasteiger partial charge on any atom is -0.508 e. The van der Waals surface area contributed by atoms with Crippen LogP contribution in [0.3, 0.4) is 0 Å². The Balaban J connectivity index is 1.54. The highest BCUT2D eigenvalue weighted by atomic mass is 32.1. The van der Waals surface area contributed by atoms with Crippen molar-refractivity contribution in [2.24, 2.45) is 0 Å². The van der Waals surface area contributed by atoms with Crippen LogP contribution in [-0.2, 0) is 0 Å². The molecule has 1 atom stereocenters. The zero-order valence-corrected chi connectivity index (χ0v) is 18.2. The normalized spacial score (nSPS) is 11.5. The maximum atomic E-state index is 12.9. The highest BCUT2D eigenvalue weighted by Gasteiger charge is 2.22. The second-order valence-electron chi connectivity index (χ2n) is 7.26. The lowest BCUT2D eigenvalue weighted by molar-refractivity contribution is 0.248. The van der Waals surface area contributed by atoms with Crippen molar-refractivity contribution >= 4 is 28.3 Å². The van der Waals surface area contributed by atoms with Gasteiger partial charge in [0.2, 0.25) is 0 Å². The molecule has 0 saturated carbocycles. The van der Waals surface area contributed by atoms with Gasteiger partial charge in [-0.1, -0.05) is 53.0 Å². The predicted molar refractivity (Wildman–Crippen MR) is 128 cm³/mol. The number of urea groups is 1. The summed E-state index contributed by atoms with van der Waals surface area (Å²) >= 11 is 1.03. The first-order valence-electron chi connectivity index (χ1n) is 10.1. The van der Waals surface area contributed by atoms with Crippen LogP contribution in [0.4, 0.5) is 9.80 Å². The number of para-hydroxylation sites is 1. The van der Waals surface area contributed by atoms with Gasteiger partial charge in [0.25, 0.3) is 0 Å². The van der Waals surface area contributed by atoms with Crippen LogP contribution in [0.1, 0.15) is 23.6 Å². The average molecular weight is 460 g/mol. The minimum absolute atomic E-state index is 0.0351. The van der Waals surface area contributed by atoms with E-state index >= 15 is 0 Å². The predicted octanol–water partition coefficient (Wildman–Crippen LogP) is 4.94. The Morgan fingerprint density at radius 2 is 1.67 bits per heavy atom. The van der Waals surface area contributed by atoms with E-state index in [0.29, 0.717) is 27.5 Å². The van der Waals surface area contributed by atoms with Gasteiger partial charge in [-0.2, -0.15) is 0 Å². The van der Waals surface area contributed by atoms with E-state index in [9.17, 15) is 15.0 Å². The number of aromatic nitrogens is 2. The van der Waals surface area contributed by atoms with Gasteiger partial charge in [0.1, 0.15) is 22.2 Å². The first kappa shape index (κ1) is 22.0. The molecule has 1 heterocycles. The van der Waals surface area contributed by atoms with Gasteiger partial charge < -0.3 is 20.9 Å². The van der Waals surface area contributed by atoms with Crippen molar-refractivity contribution in [3.63, 3.8) is 0 Å². The van der Waals surface area contributed by atoms with Crippen LogP contribution >= 0.6 is 11.5 Å². The molecule has 0 aliphatic rings. The smallest absolute Gasteiger partial charge is 0.320 e. The Labute approximate surface area is 194 Å². The van der Waals surface area contributed by atoms with Crippen molar-refractivity contribution in [1.82, 2.24) is 14.9 Å². The summed E-state index contributed by atoms with van der Waals surface area (Å²) in [7, 11) is 0. The molecule has 0 aliphatic carbocycles. The zero-order valence-electron chi connectivity index (χ0n) is 17.4. The number of nitrogens with one attached hydrogen (secondary N) is 3. The van der Waals surface area contributed by atoms with Gasteiger partial charge in [-0.15, -0.1) is 5.10 Å². The number of hydrogen-bond donors (Lipinski definition) is 5. The fourth-order valence-corrected chi connectivity index (χ4v) is 3.95. The van der Waals surface area contributed by atoms with Gasteiger partial charge in [0.05, 0.1) is 6.04 Å². The zero-order chi connectivity index (χ0) is 23.2. The van der Waals surface area contributed by atoms with Crippen LogP contribution in [0.2, 0.25) is 0 Å². The first-order valence-corrected chi connectivity index (χ1v) is 10.9. The van der Waals surface area contributed by atoms with E-state index in [4.69, 9.17) is 5.41 Å². The molecule has 1 unspecified atom stereocenters. The summed E-state index contributed by atoms with van der Waals surface area (Å²) in [6, 6.07) is 21.2. The van der Waals surface area contributed by atoms with Crippen molar-refractivity contribution in [2.45, 2.75) is 12.5 Å². The molecule has 0 bridgehead atoms. The van der Waals surface area contributed by atoms with E-state index in [1.807, 2.05) is 30.3 Å². The number of anilines is 1. The summed E-state index contributed by atoms with van der Waals surface area (Å²) in [6.07, 6.45) is 0.181. The van der Waals surface area contributed by atoms with Crippen LogP contribution < -0.4 is 10.6 Å². The molecule has 4 aromatic rings. The SMILES string of the molecule is N=C(CC(NC(=O)Nc1snnc1-c1ccc(O)cc1)c1ccccc1O)c1ccccc1. The molecule has 2 amide bonds. The van der Waals surface area contributed by atoms with Crippen molar-refractivity contribution in [1.29, 1.82) is 5.41 Å². The van der Waals surface area contributed by atoms with Crippen molar-refractivity contribution in [2.75, 3.05) is 5.32 Å². The molecule has 166 valence electrons. The molecule has 0 fully saturated rings. The maximum Gasteiger partial charge on any atom is 0.320 e. The summed E-state index contributed by atoms with van der Waals surface area (Å²) in [5.41, 5.74) is 2.75. The molecule has 8 nitrogen and oxygen atoms in total. The van der Waals surface area contributed by atoms with E-state index in [2.05, 4.69) is 20.2 Å². The number of rotatable bonds is 7. The number of aromatic hydroxyl groups is 2. The first-order chi connectivity index (χ1) is 16.0. The third-order valence-electron chi connectivity index (χ3n) is 5.00. The Morgan fingerprint density at radius 3 is 2.39 bits per heavy atom. The lowest BCUT2D eigenvalue weighted by Gasteiger charge is -2.21. The van der Waals surface area contributed by atoms with Gasteiger partial charge in [0, 0.05) is 34.8 Å². The number of hydrogen-bond acceptors (Lipinski definition) is 7. The second kappa shape index (κ2) is 9.92. The number of phenolic OH excluding ortho intramolecular Hbond substituents is 2. The van der Waals surface area contributed by atoms with Gasteiger partial charge in [-0.3, -0.25) is 5.32 Å². The number of carbonyl (C=O) groups is 1. The van der Waals surface area contributed by atoms with Crippen LogP contribution in [0, 0.1) is 5.41 Å². The fourth-order valence-electron chi connectivity index (χ4n) is 3.36. The van der Waals surface area contributed by atoms with E-state index < -0.39 is 12.1 Å². The van der Waals surface area contributed by atoms with Crippen LogP contribution in [0.5, 0.6) is 11.5 Å². The number of nitrogens with zero attached hydrogens (tertiary/aromatic N) is 2. The molecule has 3 aromatic carbocycles. The third kappa shape index (κ3) is 5.34. The summed E-state index contributed by atoms with van der Waals surface area (Å²) < 4.78 is 3.93. The lowest BCUT2D eigenvalue weighted by atomic mass is 9.96. The topological polar surface area (TPSA) is 131 Å². The van der Waals surface area contributed by atoms with Gasteiger partial charge in [-0.05, 0) is 35.9 Å². The van der Waals surface area contributed by atoms with E-state index in [-0.39, 0.29) is 17.9 Å². The quantitative estimate of drug-likeness (QED) is 0.250. The standard InChI is InChI=1S/C24H21N5O3S/c25-19(15-6-2-1-3-7-15)14-20(18-8-4-5-9-21(18)31)26-24(32)27-23-22(28-29-33-23)16-10-12-17(30)13-11-16/h1-13,20,25,30-31H,14H2,(H2,26,27,32). The second-order valence-corrected chi connectivity index (χ2v) is 8.01. The van der Waals surface area contributed by atoms with Gasteiger partial charge >= 0.3 is 6.03 Å². The molecule has 0 saturated heterocycles. The Hall–Kier alpha value is -4.24. The fraction of sp³-hybridized carbons (Fsp3) is 0.0833. The lowest BCUT2D eigenvalue weighted by Crippen LogP contribution is -2.33. The molecule has 1 aromatic heterocycles. The van der Waals surface area contributed by atoms with Gasteiger partial charge in [0.15, 0.2) is 0 Å². The summed E-state index contributed by atoms with van der Waals surface area (Å²) in [6.45, 7) is 0. The molecule has 0 aliphatic heterocycles. The Morgan fingerprint density at radius 1 is 0.970 bits per heavy atom. The molecular formula is C24H21N5O3S. The summed E-state index contributed by atoms with van der Waals surface area (Å²) in [4.78, 5) is 12.9. The number of carbonyl (C=O) groups excluding carboxylic acids is 1. The largest absolute Gasteiger partial charge is 0.508 e. The third-order valence-corrected chi connectivity index (χ3v) is 5.65. The summed E-state index contributed by atoms with van der Waals surface area (Å²) in [5, 5.41) is 38.5. The molecule has 33 heavy (non-hydrogen) atoms. The number of benzene rings is 3. The molecule has 4 rings (SSSR count). The molecule has 0 radical (unpaired) electrons. The van der Waals surface area contributed by atoms with Crippen LogP contribution in [0.25, 0.3) is 11.3 Å². The van der Waals surface area contributed by atoms with E-state index in [0.717, 1.165) is 17.1 Å². The molecular weight excluding hydrogens is 438 g/mol. The average Bonchev–Trinajstić information content (AvgIpc) is 3.28. The number of phenols is 2. The molecule has 0 spiro atoms. The Bertz CT molecular complexity index is 1260. The van der Waals surface area contributed by atoms with Crippen molar-refractivity contribution in [3.8, 4) is 22.8 Å². The maximum absolute atomic E-state index is 12.9. The van der Waals surface area contributed by atoms with Crippen molar-refractivity contribution in [3.05, 3.63) is 90.0 Å². The minimum atomic E-state index is -0.642. The van der Waals surface area contributed by atoms with Crippen molar-refractivity contribution < 1.29 is 15.0 Å². The van der Waals surface area contributed by atoms with Crippen LogP contribution in [-0.4, -0.2) is 31.5 Å². The van der Waals surface area contributed by atoms with Crippen LogP contribution in [0.15, 0.2) is 78.9 Å². The van der Waals surface area contributed by atoms with E-state index in [1.54, 1.807) is 36.4 Å². The Kier molecular flexibility index (Phi) is 6.61. The monoisotopic (exact) mass is 459 g/mol.